The van der Waals surface area contributed by atoms with Gasteiger partial charge in [0.2, 0.25) is 0 Å². The molecule has 1 aromatic carbocycles. The first-order valence-electron chi connectivity index (χ1n) is 6.46. The summed E-state index contributed by atoms with van der Waals surface area (Å²) in [6.07, 6.45) is 1.65. The fourth-order valence-electron chi connectivity index (χ4n) is 1.97. The third-order valence-corrected chi connectivity index (χ3v) is 3.74. The normalized spacial score (nSPS) is 11.8. The average molecular weight is 273 g/mol. The molecule has 0 fully saturated rings. The van der Waals surface area contributed by atoms with Crippen molar-refractivity contribution in [3.63, 3.8) is 0 Å². The average Bonchev–Trinajstić information content (AvgIpc) is 2.41. The largest absolute Gasteiger partial charge is 0.503 e. The Balaban J connectivity index is 2.63. The molecule has 0 spiro atoms. The molecule has 0 bridgehead atoms. The van der Waals surface area contributed by atoms with Crippen LogP contribution in [0.4, 0.5) is 8.78 Å². The molecule has 5 heteroatoms. The predicted octanol–water partition coefficient (Wildman–Crippen LogP) is 2.56. The van der Waals surface area contributed by atoms with E-state index in [0.29, 0.717) is 12.1 Å². The minimum absolute atomic E-state index is 0.0747. The first-order chi connectivity index (χ1) is 8.98. The summed E-state index contributed by atoms with van der Waals surface area (Å²) in [5, 5.41) is 21.5. The van der Waals surface area contributed by atoms with E-state index in [9.17, 15) is 13.9 Å². The Hall–Kier alpha value is -1.20. The van der Waals surface area contributed by atoms with Crippen LogP contribution in [0, 0.1) is 17.0 Å². The third-order valence-electron chi connectivity index (χ3n) is 3.74. The van der Waals surface area contributed by atoms with E-state index in [-0.39, 0.29) is 18.6 Å². The number of phenols is 1. The fraction of sp³-hybridized carbons (Fsp3) is 0.571. The maximum atomic E-state index is 13.1. The minimum atomic E-state index is -0.962. The Morgan fingerprint density at radius 2 is 1.68 bits per heavy atom. The maximum Gasteiger partial charge on any atom is 0.187 e. The molecule has 0 atom stereocenters. The van der Waals surface area contributed by atoms with Gasteiger partial charge >= 0.3 is 0 Å². The number of benzene rings is 1. The van der Waals surface area contributed by atoms with Gasteiger partial charge in [0.25, 0.3) is 0 Å². The number of rotatable bonds is 7. The summed E-state index contributed by atoms with van der Waals surface area (Å²) in [4.78, 5) is 0. The molecule has 3 nitrogen and oxygen atoms in total. The third kappa shape index (κ3) is 3.88. The Morgan fingerprint density at radius 1 is 1.16 bits per heavy atom. The first kappa shape index (κ1) is 15.9. The lowest BCUT2D eigenvalue weighted by Gasteiger charge is -2.29. The van der Waals surface area contributed by atoms with Gasteiger partial charge in [-0.3, -0.25) is 0 Å². The summed E-state index contributed by atoms with van der Waals surface area (Å²) < 4.78 is 26.3. The number of nitrogens with one attached hydrogen (secondary N) is 1. The van der Waals surface area contributed by atoms with Crippen molar-refractivity contribution in [2.45, 2.75) is 33.2 Å². The van der Waals surface area contributed by atoms with E-state index in [4.69, 9.17) is 5.11 Å². The first-order valence-corrected chi connectivity index (χ1v) is 6.46. The molecule has 0 heterocycles. The van der Waals surface area contributed by atoms with Gasteiger partial charge in [-0.2, -0.15) is 0 Å². The van der Waals surface area contributed by atoms with Crippen LogP contribution in [-0.2, 0) is 6.54 Å². The summed E-state index contributed by atoms with van der Waals surface area (Å²) in [6, 6.07) is 2.20. The second-order valence-electron chi connectivity index (χ2n) is 4.88. The molecule has 0 aliphatic rings. The number of phenolic OH excluding ortho intramolecular Hbond substituents is 1. The van der Waals surface area contributed by atoms with Crippen LogP contribution in [0.15, 0.2) is 12.1 Å². The summed E-state index contributed by atoms with van der Waals surface area (Å²) >= 11 is 0. The zero-order valence-corrected chi connectivity index (χ0v) is 11.3. The van der Waals surface area contributed by atoms with Crippen LogP contribution in [-0.4, -0.2) is 23.4 Å². The van der Waals surface area contributed by atoms with E-state index < -0.39 is 17.4 Å². The van der Waals surface area contributed by atoms with Gasteiger partial charge in [-0.15, -0.1) is 0 Å². The Morgan fingerprint density at radius 3 is 2.11 bits per heavy atom. The lowest BCUT2D eigenvalue weighted by Crippen LogP contribution is -2.36. The summed E-state index contributed by atoms with van der Waals surface area (Å²) in [6.45, 7) is 4.93. The minimum Gasteiger partial charge on any atom is -0.503 e. The van der Waals surface area contributed by atoms with Gasteiger partial charge in [-0.1, -0.05) is 13.8 Å². The van der Waals surface area contributed by atoms with Gasteiger partial charge in [0, 0.05) is 25.1 Å². The van der Waals surface area contributed by atoms with E-state index in [2.05, 4.69) is 5.32 Å². The zero-order chi connectivity index (χ0) is 14.5. The van der Waals surface area contributed by atoms with Crippen molar-refractivity contribution in [2.75, 3.05) is 13.2 Å². The van der Waals surface area contributed by atoms with Crippen molar-refractivity contribution in [1.82, 2.24) is 5.32 Å². The van der Waals surface area contributed by atoms with E-state index in [1.165, 1.54) is 0 Å². The monoisotopic (exact) mass is 273 g/mol. The van der Waals surface area contributed by atoms with Gasteiger partial charge in [0.15, 0.2) is 17.4 Å². The molecule has 1 aromatic rings. The van der Waals surface area contributed by atoms with Crippen molar-refractivity contribution < 1.29 is 19.0 Å². The SMILES string of the molecule is CCC(CC)(CO)CNCc1cc(F)c(O)c(F)c1. The number of aliphatic hydroxyl groups excluding tert-OH is 1. The molecular weight excluding hydrogens is 252 g/mol. The lowest BCUT2D eigenvalue weighted by atomic mass is 9.83. The van der Waals surface area contributed by atoms with E-state index in [1.54, 1.807) is 0 Å². The van der Waals surface area contributed by atoms with Gasteiger partial charge in [0.1, 0.15) is 0 Å². The van der Waals surface area contributed by atoms with Gasteiger partial charge in [-0.25, -0.2) is 8.78 Å². The van der Waals surface area contributed by atoms with Gasteiger partial charge < -0.3 is 15.5 Å². The van der Waals surface area contributed by atoms with Gasteiger partial charge in [-0.05, 0) is 30.5 Å². The second-order valence-corrected chi connectivity index (χ2v) is 4.88. The number of aliphatic hydroxyl groups is 1. The summed E-state index contributed by atoms with van der Waals surface area (Å²) in [5.74, 6) is -2.87. The predicted molar refractivity (Wildman–Crippen MR) is 69.8 cm³/mol. The highest BCUT2D eigenvalue weighted by atomic mass is 19.1. The molecule has 0 aliphatic carbocycles. The second kappa shape index (κ2) is 6.82. The van der Waals surface area contributed by atoms with Crippen LogP contribution in [0.25, 0.3) is 0 Å². The van der Waals surface area contributed by atoms with Crippen molar-refractivity contribution in [3.8, 4) is 5.75 Å². The van der Waals surface area contributed by atoms with E-state index in [0.717, 1.165) is 25.0 Å². The van der Waals surface area contributed by atoms with Crippen molar-refractivity contribution in [1.29, 1.82) is 0 Å². The molecule has 0 radical (unpaired) electrons. The number of halogens is 2. The topological polar surface area (TPSA) is 52.5 Å². The Bertz CT molecular complexity index is 389. The smallest absolute Gasteiger partial charge is 0.187 e. The van der Waals surface area contributed by atoms with Gasteiger partial charge in [0.05, 0.1) is 0 Å². The Kier molecular flexibility index (Phi) is 5.69. The molecule has 19 heavy (non-hydrogen) atoms. The highest BCUT2D eigenvalue weighted by Crippen LogP contribution is 2.25. The van der Waals surface area contributed by atoms with Crippen LogP contribution in [0.1, 0.15) is 32.3 Å². The molecule has 1 rings (SSSR count). The highest BCUT2D eigenvalue weighted by molar-refractivity contribution is 5.29. The van der Waals surface area contributed by atoms with Crippen LogP contribution in [0.3, 0.4) is 0 Å². The zero-order valence-electron chi connectivity index (χ0n) is 11.3. The molecular formula is C14H21F2NO2. The summed E-state index contributed by atoms with van der Waals surface area (Å²) in [5.41, 5.74) is 0.223. The van der Waals surface area contributed by atoms with Crippen molar-refractivity contribution in [3.05, 3.63) is 29.3 Å². The van der Waals surface area contributed by atoms with E-state index >= 15 is 0 Å². The Labute approximate surface area is 112 Å². The molecule has 0 unspecified atom stereocenters. The van der Waals surface area contributed by atoms with Crippen LogP contribution in [0.2, 0.25) is 0 Å². The van der Waals surface area contributed by atoms with E-state index in [1.807, 2.05) is 13.8 Å². The molecule has 0 saturated carbocycles. The maximum absolute atomic E-state index is 13.1. The van der Waals surface area contributed by atoms with Crippen LogP contribution < -0.4 is 5.32 Å². The standard InChI is InChI=1S/C14H21F2NO2/c1-3-14(4-2,9-18)8-17-7-10-5-11(15)13(19)12(16)6-10/h5-6,17-19H,3-4,7-9H2,1-2H3. The van der Waals surface area contributed by atoms with Crippen molar-refractivity contribution >= 4 is 0 Å². The molecule has 0 aliphatic heterocycles. The number of hydrogen-bond acceptors (Lipinski definition) is 3. The highest BCUT2D eigenvalue weighted by Gasteiger charge is 2.24. The summed E-state index contributed by atoms with van der Waals surface area (Å²) in [7, 11) is 0. The quantitative estimate of drug-likeness (QED) is 0.715. The van der Waals surface area contributed by atoms with Crippen LogP contribution in [0.5, 0.6) is 5.75 Å². The molecule has 108 valence electrons. The molecule has 0 amide bonds. The number of aromatic hydroxyl groups is 1. The fourth-order valence-corrected chi connectivity index (χ4v) is 1.97. The molecule has 3 N–H and O–H groups in total. The number of hydrogen-bond donors (Lipinski definition) is 3. The lowest BCUT2D eigenvalue weighted by molar-refractivity contribution is 0.113. The molecule has 0 aromatic heterocycles. The molecule has 0 saturated heterocycles. The van der Waals surface area contributed by atoms with Crippen LogP contribution >= 0.6 is 0 Å². The van der Waals surface area contributed by atoms with Crippen molar-refractivity contribution in [2.24, 2.45) is 5.41 Å².